The molecule has 0 unspecified atom stereocenters. The van der Waals surface area contributed by atoms with E-state index in [1.807, 2.05) is 13.0 Å². The van der Waals surface area contributed by atoms with Gasteiger partial charge in [-0.3, -0.25) is 0 Å². The molecule has 2 rings (SSSR count). The van der Waals surface area contributed by atoms with Gasteiger partial charge in [0.2, 0.25) is 0 Å². The van der Waals surface area contributed by atoms with E-state index in [2.05, 4.69) is 0 Å². The molecule has 1 atom stereocenters. The third kappa shape index (κ3) is 3.42. The highest BCUT2D eigenvalue weighted by Crippen LogP contribution is 2.37. The average Bonchev–Trinajstić information content (AvgIpc) is 2.36. The molecule has 2 N–H and O–H groups in total. The van der Waals surface area contributed by atoms with Crippen molar-refractivity contribution in [3.05, 3.63) is 57.8 Å². The van der Waals surface area contributed by atoms with E-state index in [0.29, 0.717) is 14.9 Å². The van der Waals surface area contributed by atoms with Crippen molar-refractivity contribution in [2.24, 2.45) is 5.73 Å². The van der Waals surface area contributed by atoms with E-state index in [4.69, 9.17) is 28.9 Å². The molecule has 100 valence electrons. The van der Waals surface area contributed by atoms with E-state index in [9.17, 15) is 4.39 Å². The first kappa shape index (κ1) is 14.7. The van der Waals surface area contributed by atoms with Crippen LogP contribution in [0.15, 0.2) is 46.2 Å². The molecule has 2 aromatic rings. The lowest BCUT2D eigenvalue weighted by Gasteiger charge is -2.13. The second-order valence-electron chi connectivity index (χ2n) is 4.12. The SMILES string of the molecule is C[C@@H](N)c1cccc(F)c1Sc1ccc(Cl)c(Cl)c1. The molecule has 0 saturated carbocycles. The summed E-state index contributed by atoms with van der Waals surface area (Å²) in [6, 6.07) is 9.88. The van der Waals surface area contributed by atoms with E-state index >= 15 is 0 Å². The van der Waals surface area contributed by atoms with Gasteiger partial charge in [0.05, 0.1) is 14.9 Å². The summed E-state index contributed by atoms with van der Waals surface area (Å²) in [5.41, 5.74) is 6.64. The van der Waals surface area contributed by atoms with Gasteiger partial charge < -0.3 is 5.73 Å². The van der Waals surface area contributed by atoms with Crippen LogP contribution >= 0.6 is 35.0 Å². The monoisotopic (exact) mass is 315 g/mol. The van der Waals surface area contributed by atoms with Crippen molar-refractivity contribution >= 4 is 35.0 Å². The molecule has 2 aromatic carbocycles. The lowest BCUT2D eigenvalue weighted by Crippen LogP contribution is -2.07. The highest BCUT2D eigenvalue weighted by molar-refractivity contribution is 7.99. The zero-order valence-corrected chi connectivity index (χ0v) is 12.5. The molecule has 0 saturated heterocycles. The lowest BCUT2D eigenvalue weighted by atomic mass is 10.1. The summed E-state index contributed by atoms with van der Waals surface area (Å²) >= 11 is 13.1. The molecule has 0 bridgehead atoms. The second-order valence-corrected chi connectivity index (χ2v) is 6.02. The van der Waals surface area contributed by atoms with Gasteiger partial charge in [0.15, 0.2) is 0 Å². The maximum absolute atomic E-state index is 13.9. The van der Waals surface area contributed by atoms with Crippen molar-refractivity contribution in [1.82, 2.24) is 0 Å². The maximum Gasteiger partial charge on any atom is 0.137 e. The van der Waals surface area contributed by atoms with Crippen LogP contribution in [0, 0.1) is 5.82 Å². The molecule has 0 heterocycles. The molecule has 0 aliphatic heterocycles. The van der Waals surface area contributed by atoms with Crippen molar-refractivity contribution in [2.75, 3.05) is 0 Å². The van der Waals surface area contributed by atoms with Crippen LogP contribution in [-0.4, -0.2) is 0 Å². The van der Waals surface area contributed by atoms with Gasteiger partial charge in [0.25, 0.3) is 0 Å². The fourth-order valence-corrected chi connectivity index (χ4v) is 3.10. The minimum Gasteiger partial charge on any atom is -0.324 e. The molecule has 0 aliphatic rings. The fraction of sp³-hybridized carbons (Fsp3) is 0.143. The Hall–Kier alpha value is -0.740. The first-order valence-corrected chi connectivity index (χ1v) is 7.23. The van der Waals surface area contributed by atoms with Gasteiger partial charge in [0.1, 0.15) is 5.82 Å². The third-order valence-electron chi connectivity index (χ3n) is 2.60. The van der Waals surface area contributed by atoms with Crippen molar-refractivity contribution < 1.29 is 4.39 Å². The van der Waals surface area contributed by atoms with Crippen molar-refractivity contribution in [2.45, 2.75) is 22.8 Å². The van der Waals surface area contributed by atoms with Gasteiger partial charge >= 0.3 is 0 Å². The highest BCUT2D eigenvalue weighted by Gasteiger charge is 2.13. The largest absolute Gasteiger partial charge is 0.324 e. The minimum atomic E-state index is -0.286. The van der Waals surface area contributed by atoms with Gasteiger partial charge in [-0.1, -0.05) is 47.1 Å². The zero-order valence-electron chi connectivity index (χ0n) is 10.2. The van der Waals surface area contributed by atoms with Crippen LogP contribution < -0.4 is 5.73 Å². The number of rotatable bonds is 3. The highest BCUT2D eigenvalue weighted by atomic mass is 35.5. The van der Waals surface area contributed by atoms with E-state index in [0.717, 1.165) is 10.5 Å². The minimum absolute atomic E-state index is 0.235. The number of benzene rings is 2. The average molecular weight is 316 g/mol. The van der Waals surface area contributed by atoms with Crippen molar-refractivity contribution in [3.8, 4) is 0 Å². The Morgan fingerprint density at radius 2 is 1.89 bits per heavy atom. The molecular weight excluding hydrogens is 304 g/mol. The molecule has 0 aliphatic carbocycles. The van der Waals surface area contributed by atoms with E-state index in [-0.39, 0.29) is 11.9 Å². The molecular formula is C14H12Cl2FNS. The van der Waals surface area contributed by atoms with E-state index < -0.39 is 0 Å². The molecule has 0 spiro atoms. The van der Waals surface area contributed by atoms with Crippen molar-refractivity contribution in [3.63, 3.8) is 0 Å². The van der Waals surface area contributed by atoms with Crippen LogP contribution in [0.2, 0.25) is 10.0 Å². The Kier molecular flexibility index (Phi) is 4.74. The number of hydrogen-bond acceptors (Lipinski definition) is 2. The van der Waals surface area contributed by atoms with Gasteiger partial charge in [-0.05, 0) is 36.8 Å². The topological polar surface area (TPSA) is 26.0 Å². The van der Waals surface area contributed by atoms with Crippen molar-refractivity contribution in [1.29, 1.82) is 0 Å². The zero-order chi connectivity index (χ0) is 14.0. The van der Waals surface area contributed by atoms with Gasteiger partial charge in [0, 0.05) is 10.9 Å². The van der Waals surface area contributed by atoms with Crippen LogP contribution in [0.25, 0.3) is 0 Å². The molecule has 5 heteroatoms. The van der Waals surface area contributed by atoms with Crippen LogP contribution in [0.1, 0.15) is 18.5 Å². The molecule has 19 heavy (non-hydrogen) atoms. The molecule has 0 aromatic heterocycles. The number of halogens is 3. The summed E-state index contributed by atoms with van der Waals surface area (Å²) in [7, 11) is 0. The fourth-order valence-electron chi connectivity index (χ4n) is 1.65. The number of nitrogens with two attached hydrogens (primary N) is 1. The Bertz CT molecular complexity index is 602. The second kappa shape index (κ2) is 6.14. The summed E-state index contributed by atoms with van der Waals surface area (Å²) < 4.78 is 13.9. The normalized spacial score (nSPS) is 12.5. The summed E-state index contributed by atoms with van der Waals surface area (Å²) in [6.45, 7) is 1.83. The van der Waals surface area contributed by atoms with E-state index in [1.54, 1.807) is 24.3 Å². The Morgan fingerprint density at radius 1 is 1.16 bits per heavy atom. The first-order chi connectivity index (χ1) is 8.99. The number of hydrogen-bond donors (Lipinski definition) is 1. The van der Waals surface area contributed by atoms with Crippen LogP contribution in [-0.2, 0) is 0 Å². The molecule has 0 amide bonds. The van der Waals surface area contributed by atoms with Gasteiger partial charge in [-0.2, -0.15) is 0 Å². The Labute approximate surface area is 125 Å². The van der Waals surface area contributed by atoms with Crippen LogP contribution in [0.4, 0.5) is 4.39 Å². The smallest absolute Gasteiger partial charge is 0.137 e. The Balaban J connectivity index is 2.40. The first-order valence-electron chi connectivity index (χ1n) is 5.66. The summed E-state index contributed by atoms with van der Waals surface area (Å²) in [4.78, 5) is 1.34. The Morgan fingerprint density at radius 3 is 2.53 bits per heavy atom. The summed E-state index contributed by atoms with van der Waals surface area (Å²) in [6.07, 6.45) is 0. The predicted molar refractivity (Wildman–Crippen MR) is 79.6 cm³/mol. The summed E-state index contributed by atoms with van der Waals surface area (Å²) in [5, 5.41) is 0.928. The summed E-state index contributed by atoms with van der Waals surface area (Å²) in [5.74, 6) is -0.286. The predicted octanol–water partition coefficient (Wildman–Crippen LogP) is 5.30. The van der Waals surface area contributed by atoms with E-state index in [1.165, 1.54) is 17.8 Å². The lowest BCUT2D eigenvalue weighted by molar-refractivity contribution is 0.591. The van der Waals surface area contributed by atoms with Gasteiger partial charge in [-0.25, -0.2) is 4.39 Å². The standard InChI is InChI=1S/C14H12Cl2FNS/c1-8(18)10-3-2-4-13(17)14(10)19-9-5-6-11(15)12(16)7-9/h2-8H,18H2,1H3/t8-/m1/s1. The maximum atomic E-state index is 13.9. The van der Waals surface area contributed by atoms with Crippen LogP contribution in [0.3, 0.4) is 0 Å². The quantitative estimate of drug-likeness (QED) is 0.831. The molecule has 1 nitrogen and oxygen atoms in total. The van der Waals surface area contributed by atoms with Crippen LogP contribution in [0.5, 0.6) is 0 Å². The van der Waals surface area contributed by atoms with Gasteiger partial charge in [-0.15, -0.1) is 0 Å². The molecule has 0 fully saturated rings. The third-order valence-corrected chi connectivity index (χ3v) is 4.46. The molecule has 0 radical (unpaired) electrons.